The van der Waals surface area contributed by atoms with Crippen molar-refractivity contribution in [2.75, 3.05) is 37.8 Å². The van der Waals surface area contributed by atoms with Gasteiger partial charge in [-0.05, 0) is 0 Å². The summed E-state index contributed by atoms with van der Waals surface area (Å²) in [5.41, 5.74) is 5.61. The maximum absolute atomic E-state index is 8.86. The molecule has 0 spiro atoms. The van der Waals surface area contributed by atoms with Crippen molar-refractivity contribution in [3.05, 3.63) is 12.0 Å². The van der Waals surface area contributed by atoms with Gasteiger partial charge >= 0.3 is 0 Å². The third-order valence-electron chi connectivity index (χ3n) is 2.36. The van der Waals surface area contributed by atoms with Crippen LogP contribution in [-0.2, 0) is 4.74 Å². The zero-order valence-electron chi connectivity index (χ0n) is 8.43. The minimum atomic E-state index is -0.493. The van der Waals surface area contributed by atoms with Crippen molar-refractivity contribution in [3.63, 3.8) is 0 Å². The van der Waals surface area contributed by atoms with Crippen molar-refractivity contribution in [1.29, 1.82) is 0 Å². The summed E-state index contributed by atoms with van der Waals surface area (Å²) in [4.78, 5) is 6.12. The number of anilines is 1. The zero-order chi connectivity index (χ0) is 10.7. The molecule has 3 N–H and O–H groups in total. The standard InChI is InChI=1S/C9H15N3O3/c10-7(6-13)8-5-11-9(15-8)12-1-3-14-4-2-12/h5,7,13H,1-4,6,10H2. The Morgan fingerprint density at radius 3 is 2.93 bits per heavy atom. The second-order valence-corrected chi connectivity index (χ2v) is 3.43. The SMILES string of the molecule is NC(CO)c1cnc(N2CCOCC2)o1. The number of aromatic nitrogens is 1. The van der Waals surface area contributed by atoms with E-state index in [4.69, 9.17) is 20.0 Å². The number of aliphatic hydroxyl groups excluding tert-OH is 1. The molecule has 6 nitrogen and oxygen atoms in total. The van der Waals surface area contributed by atoms with Crippen LogP contribution in [0.1, 0.15) is 11.8 Å². The van der Waals surface area contributed by atoms with E-state index in [9.17, 15) is 0 Å². The van der Waals surface area contributed by atoms with Crippen LogP contribution in [0.3, 0.4) is 0 Å². The molecular weight excluding hydrogens is 198 g/mol. The van der Waals surface area contributed by atoms with Crippen molar-refractivity contribution < 1.29 is 14.3 Å². The number of hydrogen-bond acceptors (Lipinski definition) is 6. The Morgan fingerprint density at radius 2 is 2.27 bits per heavy atom. The number of oxazole rings is 1. The molecule has 1 atom stereocenters. The van der Waals surface area contributed by atoms with Crippen LogP contribution in [0.5, 0.6) is 0 Å². The van der Waals surface area contributed by atoms with Gasteiger partial charge in [0.15, 0.2) is 0 Å². The van der Waals surface area contributed by atoms with E-state index in [1.165, 1.54) is 0 Å². The Kier molecular flexibility index (Phi) is 3.20. The van der Waals surface area contributed by atoms with Crippen molar-refractivity contribution in [2.24, 2.45) is 5.73 Å². The van der Waals surface area contributed by atoms with Crippen molar-refractivity contribution in [2.45, 2.75) is 6.04 Å². The molecule has 2 heterocycles. The van der Waals surface area contributed by atoms with Crippen molar-refractivity contribution >= 4 is 6.01 Å². The minimum absolute atomic E-state index is 0.141. The second kappa shape index (κ2) is 4.61. The van der Waals surface area contributed by atoms with Crippen molar-refractivity contribution in [1.82, 2.24) is 4.98 Å². The Morgan fingerprint density at radius 1 is 1.53 bits per heavy atom. The molecule has 0 bridgehead atoms. The van der Waals surface area contributed by atoms with Gasteiger partial charge in [-0.25, -0.2) is 4.98 Å². The number of nitrogens with two attached hydrogens (primary N) is 1. The second-order valence-electron chi connectivity index (χ2n) is 3.43. The molecule has 1 fully saturated rings. The van der Waals surface area contributed by atoms with Crippen LogP contribution in [0.2, 0.25) is 0 Å². The molecule has 0 radical (unpaired) electrons. The van der Waals surface area contributed by atoms with Gasteiger partial charge < -0.3 is 24.9 Å². The van der Waals surface area contributed by atoms with Gasteiger partial charge in [0.1, 0.15) is 5.76 Å². The van der Waals surface area contributed by atoms with Gasteiger partial charge in [0.05, 0.1) is 32.1 Å². The summed E-state index contributed by atoms with van der Waals surface area (Å²) in [5, 5.41) is 8.86. The molecule has 1 aromatic heterocycles. The summed E-state index contributed by atoms with van der Waals surface area (Å²) in [6.45, 7) is 2.77. The topological polar surface area (TPSA) is 84.8 Å². The van der Waals surface area contributed by atoms with Crippen LogP contribution in [0.4, 0.5) is 6.01 Å². The van der Waals surface area contributed by atoms with Crippen LogP contribution in [-0.4, -0.2) is 43.0 Å². The lowest BCUT2D eigenvalue weighted by Gasteiger charge is -2.24. The molecule has 1 unspecified atom stereocenters. The van der Waals surface area contributed by atoms with Crippen LogP contribution in [0, 0.1) is 0 Å². The van der Waals surface area contributed by atoms with Gasteiger partial charge in [0.25, 0.3) is 6.01 Å². The summed E-state index contributed by atoms with van der Waals surface area (Å²) in [6, 6.07) is 0.0597. The average Bonchev–Trinajstić information content (AvgIpc) is 2.78. The smallest absolute Gasteiger partial charge is 0.297 e. The molecule has 1 saturated heterocycles. The highest BCUT2D eigenvalue weighted by atomic mass is 16.5. The Bertz CT molecular complexity index is 309. The lowest BCUT2D eigenvalue weighted by Crippen LogP contribution is -2.36. The first-order valence-electron chi connectivity index (χ1n) is 4.96. The maximum atomic E-state index is 8.86. The largest absolute Gasteiger partial charge is 0.427 e. The fourth-order valence-electron chi connectivity index (χ4n) is 1.44. The van der Waals surface area contributed by atoms with E-state index in [1.807, 2.05) is 4.90 Å². The molecule has 0 saturated carbocycles. The van der Waals surface area contributed by atoms with Gasteiger partial charge in [-0.15, -0.1) is 0 Å². The zero-order valence-corrected chi connectivity index (χ0v) is 8.43. The first kappa shape index (κ1) is 10.4. The highest BCUT2D eigenvalue weighted by Gasteiger charge is 2.18. The van der Waals surface area contributed by atoms with E-state index in [0.29, 0.717) is 25.0 Å². The summed E-state index contributed by atoms with van der Waals surface area (Å²) >= 11 is 0. The molecule has 0 aromatic carbocycles. The summed E-state index contributed by atoms with van der Waals surface area (Å²) in [6.07, 6.45) is 1.56. The first-order chi connectivity index (χ1) is 7.31. The van der Waals surface area contributed by atoms with E-state index in [-0.39, 0.29) is 6.61 Å². The fraction of sp³-hybridized carbons (Fsp3) is 0.667. The highest BCUT2D eigenvalue weighted by Crippen LogP contribution is 2.19. The number of morpholine rings is 1. The quantitative estimate of drug-likeness (QED) is 0.704. The first-order valence-corrected chi connectivity index (χ1v) is 4.96. The monoisotopic (exact) mass is 213 g/mol. The number of rotatable bonds is 3. The third kappa shape index (κ3) is 2.28. The van der Waals surface area contributed by atoms with E-state index >= 15 is 0 Å². The van der Waals surface area contributed by atoms with Crippen molar-refractivity contribution in [3.8, 4) is 0 Å². The van der Waals surface area contributed by atoms with E-state index < -0.39 is 6.04 Å². The van der Waals surface area contributed by atoms with E-state index in [2.05, 4.69) is 4.98 Å². The normalized spacial score (nSPS) is 19.2. The lowest BCUT2D eigenvalue weighted by atomic mass is 10.3. The average molecular weight is 213 g/mol. The lowest BCUT2D eigenvalue weighted by molar-refractivity contribution is 0.120. The molecule has 1 aliphatic rings. The van der Waals surface area contributed by atoms with Gasteiger partial charge in [-0.3, -0.25) is 0 Å². The van der Waals surface area contributed by atoms with Gasteiger partial charge in [0.2, 0.25) is 0 Å². The number of nitrogens with zero attached hydrogens (tertiary/aromatic N) is 2. The Hall–Kier alpha value is -1.11. The third-order valence-corrected chi connectivity index (χ3v) is 2.36. The highest BCUT2D eigenvalue weighted by molar-refractivity contribution is 5.27. The van der Waals surface area contributed by atoms with Gasteiger partial charge in [-0.2, -0.15) is 0 Å². The molecule has 2 rings (SSSR count). The Labute approximate surface area is 87.6 Å². The van der Waals surface area contributed by atoms with E-state index in [1.54, 1.807) is 6.20 Å². The fourth-order valence-corrected chi connectivity index (χ4v) is 1.44. The molecule has 0 amide bonds. The minimum Gasteiger partial charge on any atom is -0.427 e. The molecular formula is C9H15N3O3. The van der Waals surface area contributed by atoms with Crippen LogP contribution in [0.15, 0.2) is 10.6 Å². The van der Waals surface area contributed by atoms with Crippen LogP contribution >= 0.6 is 0 Å². The molecule has 1 aliphatic heterocycles. The number of hydrogen-bond donors (Lipinski definition) is 2. The molecule has 0 aliphatic carbocycles. The number of aliphatic hydroxyl groups is 1. The molecule has 84 valence electrons. The van der Waals surface area contributed by atoms with E-state index in [0.717, 1.165) is 13.1 Å². The summed E-state index contributed by atoms with van der Waals surface area (Å²) < 4.78 is 10.7. The predicted octanol–water partition coefficient (Wildman–Crippen LogP) is -0.497. The van der Waals surface area contributed by atoms with Gasteiger partial charge in [-0.1, -0.05) is 0 Å². The van der Waals surface area contributed by atoms with Gasteiger partial charge in [0, 0.05) is 13.1 Å². The number of ether oxygens (including phenoxy) is 1. The Balaban J connectivity index is 2.05. The maximum Gasteiger partial charge on any atom is 0.297 e. The molecule has 1 aromatic rings. The predicted molar refractivity (Wildman–Crippen MR) is 53.5 cm³/mol. The summed E-state index contributed by atoms with van der Waals surface area (Å²) in [7, 11) is 0. The molecule has 15 heavy (non-hydrogen) atoms. The van der Waals surface area contributed by atoms with Crippen LogP contribution in [0.25, 0.3) is 0 Å². The molecule has 6 heteroatoms. The van der Waals surface area contributed by atoms with Crippen LogP contribution < -0.4 is 10.6 Å². The summed E-state index contributed by atoms with van der Waals surface area (Å²) in [5.74, 6) is 0.513.